The largest absolute Gasteiger partial charge is 0.376 e. The number of nitrogens with one attached hydrogen (secondary N) is 2. The Morgan fingerprint density at radius 1 is 1.11 bits per heavy atom. The van der Waals surface area contributed by atoms with Gasteiger partial charge in [-0.1, -0.05) is 49.9 Å². The molecule has 3 aromatic rings. The van der Waals surface area contributed by atoms with Crippen LogP contribution in [0.5, 0.6) is 0 Å². The first kappa shape index (κ1) is 26.7. The van der Waals surface area contributed by atoms with Gasteiger partial charge in [-0.15, -0.1) is 0 Å². The molecule has 0 radical (unpaired) electrons. The number of aryl methyl sites for hydroxylation is 1. The maximum absolute atomic E-state index is 12.9. The molecule has 1 aromatic heterocycles. The Kier molecular flexibility index (Phi) is 8.05. The van der Waals surface area contributed by atoms with Crippen molar-refractivity contribution in [3.05, 3.63) is 63.9 Å². The van der Waals surface area contributed by atoms with Crippen LogP contribution in [0.25, 0.3) is 11.0 Å². The van der Waals surface area contributed by atoms with Crippen molar-refractivity contribution in [3.8, 4) is 0 Å². The Hall–Kier alpha value is -2.90. The Bertz CT molecular complexity index is 1320. The highest BCUT2D eigenvalue weighted by Crippen LogP contribution is 2.36. The lowest BCUT2D eigenvalue weighted by Crippen LogP contribution is -2.39. The normalized spacial score (nSPS) is 19.0. The topological polar surface area (TPSA) is 85.2 Å². The lowest BCUT2D eigenvalue weighted by molar-refractivity contribution is -0.132. The van der Waals surface area contributed by atoms with E-state index in [0.29, 0.717) is 30.1 Å². The number of imidazole rings is 1. The molecular weight excluding hydrogens is 500 g/mol. The number of hydrogen-bond donors (Lipinski definition) is 2. The van der Waals surface area contributed by atoms with Crippen molar-refractivity contribution in [2.75, 3.05) is 13.2 Å². The zero-order valence-corrected chi connectivity index (χ0v) is 23.1. The van der Waals surface area contributed by atoms with Crippen molar-refractivity contribution in [3.63, 3.8) is 0 Å². The van der Waals surface area contributed by atoms with Gasteiger partial charge in [0.05, 0.1) is 17.1 Å². The number of nitrogens with zero attached hydrogens (tertiary/aromatic N) is 2. The molecule has 1 atom stereocenters. The van der Waals surface area contributed by atoms with Crippen molar-refractivity contribution in [2.24, 2.45) is 12.5 Å². The molecule has 2 amide bonds. The summed E-state index contributed by atoms with van der Waals surface area (Å²) >= 11 is 6.57. The number of aromatic nitrogens is 2. The van der Waals surface area contributed by atoms with E-state index in [1.807, 2.05) is 41.9 Å². The highest BCUT2D eigenvalue weighted by molar-refractivity contribution is 6.31. The minimum absolute atomic E-state index is 0.105. The number of carbonyl (C=O) groups is 2. The van der Waals surface area contributed by atoms with E-state index in [1.165, 1.54) is 6.42 Å². The van der Waals surface area contributed by atoms with Crippen LogP contribution in [-0.4, -0.2) is 40.6 Å². The lowest BCUT2D eigenvalue weighted by Gasteiger charge is -2.32. The first-order valence-electron chi connectivity index (χ1n) is 13.7. The van der Waals surface area contributed by atoms with E-state index in [0.717, 1.165) is 73.1 Å². The summed E-state index contributed by atoms with van der Waals surface area (Å²) in [7, 11) is 1.98. The minimum Gasteiger partial charge on any atom is -0.376 e. The number of benzene rings is 2. The van der Waals surface area contributed by atoms with E-state index in [4.69, 9.17) is 21.3 Å². The number of halogens is 1. The fourth-order valence-corrected chi connectivity index (χ4v) is 5.85. The first-order valence-corrected chi connectivity index (χ1v) is 14.1. The highest BCUT2D eigenvalue weighted by atomic mass is 35.5. The summed E-state index contributed by atoms with van der Waals surface area (Å²) in [6.07, 6.45) is 8.05. The van der Waals surface area contributed by atoms with Gasteiger partial charge in [0.15, 0.2) is 0 Å². The molecule has 2 aliphatic rings. The van der Waals surface area contributed by atoms with Crippen molar-refractivity contribution in [2.45, 2.75) is 70.9 Å². The molecule has 0 bridgehead atoms. The SMILES string of the molecule is Cn1c(Cc2cc(CNC(=O)C3(C)CCCCC3)ccc2Cl)nc2cc(C(=O)NCC3CCCO3)ccc21. The molecular formula is C30H37ClN4O3. The van der Waals surface area contributed by atoms with Crippen LogP contribution in [0.3, 0.4) is 0 Å². The average molecular weight is 537 g/mol. The van der Waals surface area contributed by atoms with Gasteiger partial charge in [0.25, 0.3) is 5.91 Å². The van der Waals surface area contributed by atoms with Crippen LogP contribution in [0.15, 0.2) is 36.4 Å². The maximum Gasteiger partial charge on any atom is 0.251 e. The number of carbonyl (C=O) groups excluding carboxylic acids is 2. The summed E-state index contributed by atoms with van der Waals surface area (Å²) in [4.78, 5) is 30.4. The second kappa shape index (κ2) is 11.5. The molecule has 202 valence electrons. The molecule has 8 heteroatoms. The van der Waals surface area contributed by atoms with Crippen molar-refractivity contribution in [1.82, 2.24) is 20.2 Å². The Morgan fingerprint density at radius 3 is 2.68 bits per heavy atom. The fourth-order valence-electron chi connectivity index (χ4n) is 5.66. The van der Waals surface area contributed by atoms with E-state index in [1.54, 1.807) is 0 Å². The van der Waals surface area contributed by atoms with Gasteiger partial charge in [0.2, 0.25) is 5.91 Å². The third kappa shape index (κ3) is 5.89. The predicted octanol–water partition coefficient (Wildman–Crippen LogP) is 5.31. The molecule has 5 rings (SSSR count). The lowest BCUT2D eigenvalue weighted by atomic mass is 9.75. The maximum atomic E-state index is 12.9. The molecule has 2 heterocycles. The monoisotopic (exact) mass is 536 g/mol. The molecule has 0 spiro atoms. The van der Waals surface area contributed by atoms with Crippen LogP contribution in [0, 0.1) is 5.41 Å². The molecule has 1 aliphatic heterocycles. The van der Waals surface area contributed by atoms with Crippen molar-refractivity contribution < 1.29 is 14.3 Å². The van der Waals surface area contributed by atoms with Crippen LogP contribution < -0.4 is 10.6 Å². The molecule has 2 fully saturated rings. The fraction of sp³-hybridized carbons (Fsp3) is 0.500. The van der Waals surface area contributed by atoms with Gasteiger partial charge >= 0.3 is 0 Å². The average Bonchev–Trinajstić information content (AvgIpc) is 3.55. The molecule has 1 aliphatic carbocycles. The van der Waals surface area contributed by atoms with E-state index < -0.39 is 0 Å². The van der Waals surface area contributed by atoms with E-state index in [9.17, 15) is 9.59 Å². The van der Waals surface area contributed by atoms with Crippen LogP contribution in [0.4, 0.5) is 0 Å². The molecule has 7 nitrogen and oxygen atoms in total. The highest BCUT2D eigenvalue weighted by Gasteiger charge is 2.34. The summed E-state index contributed by atoms with van der Waals surface area (Å²) in [6, 6.07) is 11.5. The van der Waals surface area contributed by atoms with Gasteiger partial charge in [-0.2, -0.15) is 0 Å². The summed E-state index contributed by atoms with van der Waals surface area (Å²) in [5.41, 5.74) is 4.02. The van der Waals surface area contributed by atoms with Crippen LogP contribution >= 0.6 is 11.6 Å². The van der Waals surface area contributed by atoms with Gasteiger partial charge in [0.1, 0.15) is 5.82 Å². The van der Waals surface area contributed by atoms with Crippen LogP contribution in [0.1, 0.15) is 79.2 Å². The molecule has 1 saturated carbocycles. The minimum atomic E-state index is -0.263. The molecule has 2 aromatic carbocycles. The van der Waals surface area contributed by atoms with Crippen LogP contribution in [0.2, 0.25) is 5.02 Å². The second-order valence-corrected chi connectivity index (χ2v) is 11.4. The standard InChI is InChI=1S/C30H37ClN4O3/c1-30(12-4-3-5-13-30)29(37)33-18-20-8-10-24(31)22(15-20)17-27-34-25-16-21(9-11-26(25)35(27)2)28(36)32-19-23-7-6-14-38-23/h8-11,15-16,23H,3-7,12-14,17-19H2,1-2H3,(H,32,36)(H,33,37). The van der Waals surface area contributed by atoms with Crippen LogP contribution in [-0.2, 0) is 29.5 Å². The number of amides is 2. The quantitative estimate of drug-likeness (QED) is 0.408. The van der Waals surface area contributed by atoms with Gasteiger partial charge < -0.3 is 19.9 Å². The Labute approximate surface area is 229 Å². The van der Waals surface area contributed by atoms with E-state index >= 15 is 0 Å². The van der Waals surface area contributed by atoms with Gasteiger partial charge in [-0.05, 0) is 61.1 Å². The number of rotatable bonds is 8. The van der Waals surface area contributed by atoms with Gasteiger partial charge in [0, 0.05) is 49.2 Å². The summed E-state index contributed by atoms with van der Waals surface area (Å²) in [5, 5.41) is 6.79. The zero-order valence-electron chi connectivity index (χ0n) is 22.3. The third-order valence-electron chi connectivity index (χ3n) is 8.17. The number of fused-ring (bicyclic) bond motifs is 1. The Balaban J connectivity index is 1.26. The third-order valence-corrected chi connectivity index (χ3v) is 8.54. The summed E-state index contributed by atoms with van der Waals surface area (Å²) < 4.78 is 7.64. The zero-order chi connectivity index (χ0) is 26.7. The van der Waals surface area contributed by atoms with Crippen molar-refractivity contribution >= 4 is 34.4 Å². The van der Waals surface area contributed by atoms with Gasteiger partial charge in [-0.25, -0.2) is 4.98 Å². The predicted molar refractivity (Wildman–Crippen MR) is 149 cm³/mol. The smallest absolute Gasteiger partial charge is 0.251 e. The summed E-state index contributed by atoms with van der Waals surface area (Å²) in [6.45, 7) is 3.86. The van der Waals surface area contributed by atoms with Gasteiger partial charge in [-0.3, -0.25) is 9.59 Å². The number of ether oxygens (including phenoxy) is 1. The second-order valence-electron chi connectivity index (χ2n) is 11.0. The van der Waals surface area contributed by atoms with E-state index in [2.05, 4.69) is 23.6 Å². The Morgan fingerprint density at radius 2 is 1.92 bits per heavy atom. The molecule has 38 heavy (non-hydrogen) atoms. The first-order chi connectivity index (χ1) is 18.3. The molecule has 1 saturated heterocycles. The summed E-state index contributed by atoms with van der Waals surface area (Å²) in [5.74, 6) is 0.879. The van der Waals surface area contributed by atoms with E-state index in [-0.39, 0.29) is 23.3 Å². The number of hydrogen-bond acceptors (Lipinski definition) is 4. The molecule has 1 unspecified atom stereocenters. The van der Waals surface area contributed by atoms with Crippen molar-refractivity contribution in [1.29, 1.82) is 0 Å². The molecule has 2 N–H and O–H groups in total.